The number of rotatable bonds is 69. The van der Waals surface area contributed by atoms with Crippen molar-refractivity contribution in [2.75, 3.05) is 47.5 Å². The highest BCUT2D eigenvalue weighted by atomic mass is 31.2. The molecule has 0 aromatic carbocycles. The lowest BCUT2D eigenvalue weighted by Crippen LogP contribution is -2.37. The Morgan fingerprint density at radius 1 is 0.369 bits per heavy atom. The second-order valence-corrected chi connectivity index (χ2v) is 27.7. The van der Waals surface area contributed by atoms with Crippen molar-refractivity contribution in [3.63, 3.8) is 0 Å². The molecule has 9 nitrogen and oxygen atoms in total. The first-order chi connectivity index (χ1) is 41.0. The van der Waals surface area contributed by atoms with Gasteiger partial charge in [-0.05, 0) is 70.6 Å². The minimum absolute atomic E-state index is 0.0281. The van der Waals surface area contributed by atoms with Crippen LogP contribution < -0.4 is 4.89 Å². The van der Waals surface area contributed by atoms with Crippen LogP contribution in [0.25, 0.3) is 0 Å². The van der Waals surface area contributed by atoms with Gasteiger partial charge in [-0.1, -0.05) is 326 Å². The summed E-state index contributed by atoms with van der Waals surface area (Å²) < 4.78 is 34.3. The standard InChI is InChI=1S/C74H142NO8P/c1-6-8-10-12-14-16-18-20-22-24-26-27-28-29-30-31-32-33-34-35-36-37-38-39-40-41-42-43-44-45-46-47-49-51-53-55-57-59-61-63-65-67-74(77)83-72(71-82-84(78,79)81-69-68-75(3,4)5)70-80-73(76)66-64-62-60-58-56-54-52-50-48-25-23-21-19-17-15-13-11-9-7-2/h18,20-21,23-24,26,72H,6-17,19,22,25,27-71H2,1-5H3/b20-18-,23-21-,26-24-. The molecular weight excluding hydrogens is 1060 g/mol. The molecule has 0 amide bonds. The van der Waals surface area contributed by atoms with Crippen LogP contribution in [0.1, 0.15) is 373 Å². The third kappa shape index (κ3) is 69.3. The number of allylic oxidation sites excluding steroid dienone is 6. The zero-order chi connectivity index (χ0) is 61.2. The Morgan fingerprint density at radius 2 is 0.643 bits per heavy atom. The Morgan fingerprint density at radius 3 is 0.952 bits per heavy atom. The van der Waals surface area contributed by atoms with Crippen LogP contribution in [0.5, 0.6) is 0 Å². The van der Waals surface area contributed by atoms with Gasteiger partial charge >= 0.3 is 11.9 Å². The summed E-state index contributed by atoms with van der Waals surface area (Å²) >= 11 is 0. The highest BCUT2D eigenvalue weighted by molar-refractivity contribution is 7.45. The average Bonchev–Trinajstić information content (AvgIpc) is 3.61. The quantitative estimate of drug-likeness (QED) is 0.0195. The summed E-state index contributed by atoms with van der Waals surface area (Å²) in [7, 11) is 1.18. The molecule has 0 spiro atoms. The first-order valence-electron chi connectivity index (χ1n) is 36.7. The summed E-state index contributed by atoms with van der Waals surface area (Å²) in [6.45, 7) is 4.28. The van der Waals surface area contributed by atoms with Crippen molar-refractivity contribution in [2.24, 2.45) is 0 Å². The maximum atomic E-state index is 12.9. The van der Waals surface area contributed by atoms with Gasteiger partial charge in [-0.25, -0.2) is 0 Å². The van der Waals surface area contributed by atoms with Gasteiger partial charge in [0.25, 0.3) is 7.82 Å². The molecule has 2 unspecified atom stereocenters. The number of esters is 2. The summed E-state index contributed by atoms with van der Waals surface area (Å²) in [5.41, 5.74) is 0. The Hall–Kier alpha value is -1.77. The lowest BCUT2D eigenvalue weighted by Gasteiger charge is -2.28. The van der Waals surface area contributed by atoms with Gasteiger partial charge in [-0.15, -0.1) is 0 Å². The van der Waals surface area contributed by atoms with E-state index in [0.717, 1.165) is 38.5 Å². The van der Waals surface area contributed by atoms with Crippen LogP contribution in [0.4, 0.5) is 0 Å². The number of quaternary nitrogens is 1. The number of hydrogen-bond acceptors (Lipinski definition) is 8. The van der Waals surface area contributed by atoms with E-state index in [1.807, 2.05) is 21.1 Å². The van der Waals surface area contributed by atoms with E-state index in [-0.39, 0.29) is 32.0 Å². The van der Waals surface area contributed by atoms with Crippen LogP contribution >= 0.6 is 7.82 Å². The molecule has 0 rings (SSSR count). The lowest BCUT2D eigenvalue weighted by molar-refractivity contribution is -0.870. The summed E-state index contributed by atoms with van der Waals surface area (Å²) in [5, 5.41) is 0. The Bertz CT molecular complexity index is 1510. The molecule has 0 N–H and O–H groups in total. The van der Waals surface area contributed by atoms with E-state index >= 15 is 0 Å². The molecule has 0 bridgehead atoms. The highest BCUT2D eigenvalue weighted by Crippen LogP contribution is 2.38. The van der Waals surface area contributed by atoms with Gasteiger partial charge in [-0.3, -0.25) is 14.2 Å². The molecule has 10 heteroatoms. The molecule has 0 aliphatic rings. The summed E-state index contributed by atoms with van der Waals surface area (Å²) in [6.07, 6.45) is 84.0. The normalized spacial score (nSPS) is 13.3. The Balaban J connectivity index is 3.86. The number of nitrogens with zero attached hydrogens (tertiary/aromatic N) is 1. The predicted molar refractivity (Wildman–Crippen MR) is 361 cm³/mol. The molecule has 0 saturated heterocycles. The van der Waals surface area contributed by atoms with Crippen LogP contribution in [-0.2, 0) is 32.7 Å². The molecule has 0 radical (unpaired) electrons. The number of hydrogen-bond donors (Lipinski definition) is 0. The minimum Gasteiger partial charge on any atom is -0.756 e. The number of carbonyl (C=O) groups is 2. The van der Waals surface area contributed by atoms with E-state index in [1.165, 1.54) is 302 Å². The molecule has 2 atom stereocenters. The third-order valence-corrected chi connectivity index (χ3v) is 17.6. The van der Waals surface area contributed by atoms with E-state index in [1.54, 1.807) is 0 Å². The zero-order valence-electron chi connectivity index (χ0n) is 56.6. The number of carbonyl (C=O) groups excluding carboxylic acids is 2. The molecule has 0 aliphatic carbocycles. The fourth-order valence-corrected chi connectivity index (χ4v) is 11.7. The van der Waals surface area contributed by atoms with E-state index < -0.39 is 26.5 Å². The van der Waals surface area contributed by atoms with E-state index in [4.69, 9.17) is 18.5 Å². The topological polar surface area (TPSA) is 111 Å². The van der Waals surface area contributed by atoms with Crippen molar-refractivity contribution in [3.05, 3.63) is 36.5 Å². The average molecular weight is 1200 g/mol. The maximum absolute atomic E-state index is 12.9. The molecule has 0 fully saturated rings. The first-order valence-corrected chi connectivity index (χ1v) is 38.2. The third-order valence-electron chi connectivity index (χ3n) is 16.6. The molecule has 0 aliphatic heterocycles. The van der Waals surface area contributed by atoms with Crippen LogP contribution in [0.3, 0.4) is 0 Å². The number of phosphoric ester groups is 1. The van der Waals surface area contributed by atoms with E-state index in [0.29, 0.717) is 17.4 Å². The Labute approximate surface area is 522 Å². The molecule has 496 valence electrons. The van der Waals surface area contributed by atoms with Crippen LogP contribution in [0.2, 0.25) is 0 Å². The van der Waals surface area contributed by atoms with Gasteiger partial charge in [0.1, 0.15) is 19.8 Å². The molecule has 0 saturated carbocycles. The minimum atomic E-state index is -4.64. The number of unbranched alkanes of at least 4 members (excludes halogenated alkanes) is 49. The van der Waals surface area contributed by atoms with Crippen molar-refractivity contribution in [2.45, 2.75) is 380 Å². The highest BCUT2D eigenvalue weighted by Gasteiger charge is 2.22. The molecule has 84 heavy (non-hydrogen) atoms. The molecule has 0 aromatic rings. The summed E-state index contributed by atoms with van der Waals surface area (Å²) in [4.78, 5) is 38.0. The maximum Gasteiger partial charge on any atom is 0.306 e. The monoisotopic (exact) mass is 1200 g/mol. The van der Waals surface area contributed by atoms with Gasteiger partial charge in [0.2, 0.25) is 0 Å². The number of phosphoric acid groups is 1. The van der Waals surface area contributed by atoms with Crippen LogP contribution in [0, 0.1) is 0 Å². The van der Waals surface area contributed by atoms with Gasteiger partial charge < -0.3 is 27.9 Å². The zero-order valence-corrected chi connectivity index (χ0v) is 57.5. The van der Waals surface area contributed by atoms with E-state index in [2.05, 4.69) is 50.3 Å². The fourth-order valence-electron chi connectivity index (χ4n) is 11.0. The van der Waals surface area contributed by atoms with Gasteiger partial charge in [0.05, 0.1) is 27.7 Å². The Kier molecular flexibility index (Phi) is 64.3. The van der Waals surface area contributed by atoms with Crippen molar-refractivity contribution < 1.29 is 42.1 Å². The lowest BCUT2D eigenvalue weighted by atomic mass is 10.0. The van der Waals surface area contributed by atoms with Crippen molar-refractivity contribution in [1.82, 2.24) is 0 Å². The summed E-state index contributed by atoms with van der Waals surface area (Å²) in [5.74, 6) is -0.815. The first kappa shape index (κ1) is 82.2. The summed E-state index contributed by atoms with van der Waals surface area (Å²) in [6, 6.07) is 0. The van der Waals surface area contributed by atoms with Gasteiger partial charge in [0.15, 0.2) is 6.10 Å². The number of likely N-dealkylation sites (N-methyl/N-ethyl adjacent to an activating group) is 1. The largest absolute Gasteiger partial charge is 0.756 e. The van der Waals surface area contributed by atoms with Crippen molar-refractivity contribution >= 4 is 19.8 Å². The second kappa shape index (κ2) is 65.7. The molecule has 0 aromatic heterocycles. The van der Waals surface area contributed by atoms with E-state index in [9.17, 15) is 19.0 Å². The number of ether oxygens (including phenoxy) is 2. The fraction of sp³-hybridized carbons (Fsp3) is 0.892. The van der Waals surface area contributed by atoms with Crippen molar-refractivity contribution in [1.29, 1.82) is 0 Å². The van der Waals surface area contributed by atoms with Crippen LogP contribution in [-0.4, -0.2) is 70.0 Å². The molecule has 0 heterocycles. The molecular formula is C74H142NO8P. The van der Waals surface area contributed by atoms with Gasteiger partial charge in [-0.2, -0.15) is 0 Å². The van der Waals surface area contributed by atoms with Gasteiger partial charge in [0, 0.05) is 12.8 Å². The smallest absolute Gasteiger partial charge is 0.306 e. The van der Waals surface area contributed by atoms with Crippen molar-refractivity contribution in [3.8, 4) is 0 Å². The predicted octanol–water partition coefficient (Wildman–Crippen LogP) is 23.2. The second-order valence-electron chi connectivity index (χ2n) is 26.3. The SMILES string of the molecule is CCCCCCC/C=C\C/C=C\CCCCCCCCCCCCCCCCCCCCCCCCCCCCCCCC(=O)OC(COC(=O)CCCCCCCCCCC/C=C\CCCCCCCC)COP(=O)([O-])OCC[N+](C)(C)C. The van der Waals surface area contributed by atoms with Crippen LogP contribution in [0.15, 0.2) is 36.5 Å².